The average Bonchev–Trinajstić information content (AvgIpc) is 2.72. The molecule has 1 unspecified atom stereocenters. The first-order chi connectivity index (χ1) is 7.25. The van der Waals surface area contributed by atoms with Gasteiger partial charge in [0.05, 0.1) is 6.04 Å². The van der Waals surface area contributed by atoms with Gasteiger partial charge in [0, 0.05) is 12.7 Å². The van der Waals surface area contributed by atoms with Crippen LogP contribution in [0.15, 0.2) is 24.4 Å². The number of nitrogens with zero attached hydrogens (tertiary/aromatic N) is 1. The normalized spacial score (nSPS) is 19.5. The summed E-state index contributed by atoms with van der Waals surface area (Å²) in [6.07, 6.45) is 5.52. The molecule has 0 amide bonds. The molecule has 1 aromatic rings. The molecule has 2 heterocycles. The molecule has 0 saturated carbocycles. The van der Waals surface area contributed by atoms with E-state index in [1.54, 1.807) is 6.07 Å². The van der Waals surface area contributed by atoms with Gasteiger partial charge in [-0.1, -0.05) is 12.2 Å². The Balaban J connectivity index is 1.97. The van der Waals surface area contributed by atoms with E-state index in [9.17, 15) is 4.39 Å². The molecule has 3 nitrogen and oxygen atoms in total. The van der Waals surface area contributed by atoms with Crippen molar-refractivity contribution >= 4 is 0 Å². The van der Waals surface area contributed by atoms with Gasteiger partial charge in [-0.05, 0) is 18.6 Å². The summed E-state index contributed by atoms with van der Waals surface area (Å²) in [4.78, 5) is 3.59. The Morgan fingerprint density at radius 1 is 1.67 bits per heavy atom. The number of hydrogen-bond acceptors (Lipinski definition) is 3. The Hall–Kier alpha value is -1.42. The summed E-state index contributed by atoms with van der Waals surface area (Å²) in [5, 5.41) is 3.18. The van der Waals surface area contributed by atoms with Gasteiger partial charge >= 0.3 is 0 Å². The number of pyridine rings is 1. The fraction of sp³-hybridized carbons (Fsp3) is 0.364. The van der Waals surface area contributed by atoms with E-state index < -0.39 is 5.95 Å². The van der Waals surface area contributed by atoms with Crippen LogP contribution in [0.25, 0.3) is 0 Å². The number of halogens is 1. The fourth-order valence-corrected chi connectivity index (χ4v) is 1.44. The lowest BCUT2D eigenvalue weighted by atomic mass is 10.3. The second-order valence-electron chi connectivity index (χ2n) is 3.56. The van der Waals surface area contributed by atoms with Crippen LogP contribution in [-0.2, 0) is 0 Å². The molecule has 1 aliphatic rings. The Kier molecular flexibility index (Phi) is 2.97. The van der Waals surface area contributed by atoms with E-state index in [-0.39, 0.29) is 11.8 Å². The van der Waals surface area contributed by atoms with E-state index in [1.807, 2.05) is 19.1 Å². The van der Waals surface area contributed by atoms with Crippen LogP contribution in [0.1, 0.15) is 5.56 Å². The van der Waals surface area contributed by atoms with Gasteiger partial charge in [0.25, 0.3) is 5.95 Å². The van der Waals surface area contributed by atoms with Gasteiger partial charge in [-0.25, -0.2) is 4.98 Å². The molecule has 1 aliphatic heterocycles. The van der Waals surface area contributed by atoms with Gasteiger partial charge in [-0.15, -0.1) is 0 Å². The van der Waals surface area contributed by atoms with Crippen LogP contribution >= 0.6 is 0 Å². The highest BCUT2D eigenvalue weighted by atomic mass is 19.1. The van der Waals surface area contributed by atoms with Crippen molar-refractivity contribution in [2.24, 2.45) is 0 Å². The summed E-state index contributed by atoms with van der Waals surface area (Å²) >= 11 is 0. The molecular weight excluding hydrogens is 195 g/mol. The van der Waals surface area contributed by atoms with Gasteiger partial charge in [-0.2, -0.15) is 4.39 Å². The maximum absolute atomic E-state index is 13.2. The Morgan fingerprint density at radius 3 is 3.27 bits per heavy atom. The number of aryl methyl sites for hydroxylation is 1. The van der Waals surface area contributed by atoms with E-state index in [4.69, 9.17) is 4.74 Å². The zero-order valence-electron chi connectivity index (χ0n) is 8.53. The highest BCUT2D eigenvalue weighted by Crippen LogP contribution is 2.16. The lowest BCUT2D eigenvalue weighted by Crippen LogP contribution is -2.28. The smallest absolute Gasteiger partial charge is 0.255 e. The monoisotopic (exact) mass is 208 g/mol. The molecule has 4 heteroatoms. The molecule has 2 rings (SSSR count). The summed E-state index contributed by atoms with van der Waals surface area (Å²) in [5.74, 6) is -0.334. The van der Waals surface area contributed by atoms with Crippen molar-refractivity contribution in [1.82, 2.24) is 10.3 Å². The summed E-state index contributed by atoms with van der Waals surface area (Å²) in [6.45, 7) is 3.13. The largest absolute Gasteiger partial charge is 0.487 e. The lowest BCUT2D eigenvalue weighted by molar-refractivity contribution is 0.276. The van der Waals surface area contributed by atoms with Gasteiger partial charge in [0.2, 0.25) is 0 Å². The molecule has 1 N–H and O–H groups in total. The number of hydrogen-bond donors (Lipinski definition) is 1. The molecule has 15 heavy (non-hydrogen) atoms. The SMILES string of the molecule is Cc1cnc(F)c(OCC2C=CCN2)c1. The number of ether oxygens (including phenoxy) is 1. The Bertz CT molecular complexity index is 379. The minimum absolute atomic E-state index is 0.171. The Morgan fingerprint density at radius 2 is 2.53 bits per heavy atom. The maximum Gasteiger partial charge on any atom is 0.255 e. The van der Waals surface area contributed by atoms with E-state index in [2.05, 4.69) is 10.3 Å². The van der Waals surface area contributed by atoms with Crippen LogP contribution in [-0.4, -0.2) is 24.2 Å². The van der Waals surface area contributed by atoms with Crippen LogP contribution in [0.5, 0.6) is 5.75 Å². The molecule has 0 saturated heterocycles. The molecule has 1 aromatic heterocycles. The molecule has 0 spiro atoms. The van der Waals surface area contributed by atoms with Crippen molar-refractivity contribution in [1.29, 1.82) is 0 Å². The lowest BCUT2D eigenvalue weighted by Gasteiger charge is -2.11. The van der Waals surface area contributed by atoms with Gasteiger partial charge in [-0.3, -0.25) is 0 Å². The maximum atomic E-state index is 13.2. The minimum atomic E-state index is -0.553. The summed E-state index contributed by atoms with van der Waals surface area (Å²) in [6, 6.07) is 1.82. The molecular formula is C11H13FN2O. The van der Waals surface area contributed by atoms with E-state index in [0.29, 0.717) is 6.61 Å². The number of aromatic nitrogens is 1. The first-order valence-corrected chi connectivity index (χ1v) is 4.91. The van der Waals surface area contributed by atoms with Crippen molar-refractivity contribution in [3.8, 4) is 5.75 Å². The molecule has 1 atom stereocenters. The summed E-state index contributed by atoms with van der Waals surface area (Å²) in [5.41, 5.74) is 0.890. The van der Waals surface area contributed by atoms with Crippen LogP contribution in [0, 0.1) is 12.9 Å². The topological polar surface area (TPSA) is 34.1 Å². The fourth-order valence-electron chi connectivity index (χ4n) is 1.44. The zero-order chi connectivity index (χ0) is 10.7. The van der Waals surface area contributed by atoms with Crippen LogP contribution in [0.3, 0.4) is 0 Å². The van der Waals surface area contributed by atoms with E-state index in [1.165, 1.54) is 6.20 Å². The van der Waals surface area contributed by atoms with Crippen molar-refractivity contribution in [2.75, 3.05) is 13.2 Å². The van der Waals surface area contributed by atoms with Crippen molar-refractivity contribution < 1.29 is 9.13 Å². The van der Waals surface area contributed by atoms with Crippen molar-refractivity contribution in [3.05, 3.63) is 35.9 Å². The third-order valence-corrected chi connectivity index (χ3v) is 2.23. The number of nitrogens with one attached hydrogen (secondary N) is 1. The molecule has 0 aliphatic carbocycles. The predicted octanol–water partition coefficient (Wildman–Crippen LogP) is 1.44. The molecule has 0 aromatic carbocycles. The molecule has 0 radical (unpaired) electrons. The average molecular weight is 208 g/mol. The van der Waals surface area contributed by atoms with Gasteiger partial charge in [0.15, 0.2) is 5.75 Å². The van der Waals surface area contributed by atoms with Crippen molar-refractivity contribution in [2.45, 2.75) is 13.0 Å². The second kappa shape index (κ2) is 4.40. The zero-order valence-corrected chi connectivity index (χ0v) is 8.53. The highest BCUT2D eigenvalue weighted by Gasteiger charge is 2.11. The third kappa shape index (κ3) is 2.53. The standard InChI is InChI=1S/C11H13FN2O/c1-8-5-10(11(12)14-6-8)15-7-9-3-2-4-13-9/h2-3,5-6,9,13H,4,7H2,1H3. The number of rotatable bonds is 3. The van der Waals surface area contributed by atoms with E-state index >= 15 is 0 Å². The van der Waals surface area contributed by atoms with Gasteiger partial charge in [0.1, 0.15) is 6.61 Å². The molecule has 0 bridgehead atoms. The minimum Gasteiger partial charge on any atom is -0.487 e. The Labute approximate surface area is 88.0 Å². The van der Waals surface area contributed by atoms with Gasteiger partial charge < -0.3 is 10.1 Å². The van der Waals surface area contributed by atoms with Crippen LogP contribution in [0.4, 0.5) is 4.39 Å². The molecule has 80 valence electrons. The third-order valence-electron chi connectivity index (χ3n) is 2.23. The van der Waals surface area contributed by atoms with Crippen LogP contribution < -0.4 is 10.1 Å². The van der Waals surface area contributed by atoms with E-state index in [0.717, 1.165) is 12.1 Å². The highest BCUT2D eigenvalue weighted by molar-refractivity contribution is 5.24. The predicted molar refractivity (Wildman–Crippen MR) is 55.4 cm³/mol. The van der Waals surface area contributed by atoms with Crippen molar-refractivity contribution in [3.63, 3.8) is 0 Å². The first kappa shape index (κ1) is 10.1. The quantitative estimate of drug-likeness (QED) is 0.603. The molecule has 0 fully saturated rings. The first-order valence-electron chi connectivity index (χ1n) is 4.91. The summed E-state index contributed by atoms with van der Waals surface area (Å²) < 4.78 is 18.5. The van der Waals surface area contributed by atoms with Crippen LogP contribution in [0.2, 0.25) is 0 Å². The second-order valence-corrected chi connectivity index (χ2v) is 3.56. The summed E-state index contributed by atoms with van der Waals surface area (Å²) in [7, 11) is 0.